The first-order valence-corrected chi connectivity index (χ1v) is 8.29. The Kier molecular flexibility index (Phi) is 3.63. The van der Waals surface area contributed by atoms with Crippen LogP contribution in [0.15, 0.2) is 18.2 Å². The number of hydrogen-bond donors (Lipinski definition) is 0. The summed E-state index contributed by atoms with van der Waals surface area (Å²) in [4.78, 5) is 26.0. The predicted molar refractivity (Wildman–Crippen MR) is 82.8 cm³/mol. The van der Waals surface area contributed by atoms with Gasteiger partial charge in [0.25, 0.3) is 11.7 Å². The SMILES string of the molecule is O=C1C(=O)N(CC2(CBr)CCCC2)c2cccc(Cl)c21. The number of ketones is 1. The van der Waals surface area contributed by atoms with Crippen LogP contribution in [0.5, 0.6) is 0 Å². The molecule has 0 saturated heterocycles. The fourth-order valence-corrected chi connectivity index (χ4v) is 4.25. The molecule has 1 aromatic rings. The Hall–Kier alpha value is -0.870. The summed E-state index contributed by atoms with van der Waals surface area (Å²) in [6.45, 7) is 0.593. The van der Waals surface area contributed by atoms with Gasteiger partial charge in [0.05, 0.1) is 16.3 Å². The number of Topliss-reactive ketones (excluding diaryl/α,β-unsaturated/α-hetero) is 1. The summed E-state index contributed by atoms with van der Waals surface area (Å²) in [6.07, 6.45) is 4.55. The zero-order valence-electron chi connectivity index (χ0n) is 11.0. The van der Waals surface area contributed by atoms with Gasteiger partial charge in [-0.15, -0.1) is 0 Å². The van der Waals surface area contributed by atoms with Crippen molar-refractivity contribution in [2.45, 2.75) is 25.7 Å². The van der Waals surface area contributed by atoms with Crippen molar-refractivity contribution in [3.63, 3.8) is 0 Å². The minimum atomic E-state index is -0.478. The number of halogens is 2. The molecule has 3 nitrogen and oxygen atoms in total. The van der Waals surface area contributed by atoms with Gasteiger partial charge in [0.2, 0.25) is 0 Å². The van der Waals surface area contributed by atoms with Gasteiger partial charge in [-0.05, 0) is 30.4 Å². The Morgan fingerprint density at radius 1 is 1.25 bits per heavy atom. The van der Waals surface area contributed by atoms with E-state index in [1.54, 1.807) is 23.1 Å². The van der Waals surface area contributed by atoms with Crippen LogP contribution in [0.2, 0.25) is 5.02 Å². The van der Waals surface area contributed by atoms with Crippen LogP contribution in [0, 0.1) is 5.41 Å². The number of nitrogens with zero attached hydrogens (tertiary/aromatic N) is 1. The molecular weight excluding hydrogens is 342 g/mol. The molecule has 1 aromatic carbocycles. The number of alkyl halides is 1. The first kappa shape index (κ1) is 14.1. The highest BCUT2D eigenvalue weighted by molar-refractivity contribution is 9.09. The topological polar surface area (TPSA) is 37.4 Å². The van der Waals surface area contributed by atoms with Crippen molar-refractivity contribution in [1.82, 2.24) is 0 Å². The van der Waals surface area contributed by atoms with E-state index < -0.39 is 11.7 Å². The first-order valence-electron chi connectivity index (χ1n) is 6.79. The summed E-state index contributed by atoms with van der Waals surface area (Å²) in [6, 6.07) is 5.25. The quantitative estimate of drug-likeness (QED) is 0.610. The van der Waals surface area contributed by atoms with Gasteiger partial charge in [-0.1, -0.05) is 46.4 Å². The van der Waals surface area contributed by atoms with Crippen molar-refractivity contribution < 1.29 is 9.59 Å². The molecule has 20 heavy (non-hydrogen) atoms. The van der Waals surface area contributed by atoms with Crippen LogP contribution >= 0.6 is 27.5 Å². The molecule has 1 heterocycles. The second kappa shape index (κ2) is 5.15. The second-order valence-electron chi connectivity index (χ2n) is 5.70. The maximum absolute atomic E-state index is 12.3. The number of fused-ring (bicyclic) bond motifs is 1. The monoisotopic (exact) mass is 355 g/mol. The zero-order chi connectivity index (χ0) is 14.3. The Bertz CT molecular complexity index is 581. The summed E-state index contributed by atoms with van der Waals surface area (Å²) in [5, 5.41) is 1.22. The highest BCUT2D eigenvalue weighted by Crippen LogP contribution is 2.43. The molecule has 1 fully saturated rings. The molecule has 0 N–H and O–H groups in total. The molecule has 1 aliphatic heterocycles. The Balaban J connectivity index is 1.97. The lowest BCUT2D eigenvalue weighted by Crippen LogP contribution is -2.40. The smallest absolute Gasteiger partial charge is 0.299 e. The molecule has 1 amide bonds. The van der Waals surface area contributed by atoms with E-state index in [1.807, 2.05) is 0 Å². The predicted octanol–water partition coefficient (Wildman–Crippen LogP) is 3.82. The van der Waals surface area contributed by atoms with E-state index in [4.69, 9.17) is 11.6 Å². The molecule has 3 rings (SSSR count). The number of amides is 1. The molecule has 2 aliphatic rings. The molecule has 0 radical (unpaired) electrons. The lowest BCUT2D eigenvalue weighted by atomic mass is 9.88. The molecule has 0 bridgehead atoms. The van der Waals surface area contributed by atoms with Crippen LogP contribution in [-0.4, -0.2) is 23.6 Å². The number of anilines is 1. The van der Waals surface area contributed by atoms with Gasteiger partial charge in [0, 0.05) is 11.9 Å². The molecule has 0 unspecified atom stereocenters. The minimum Gasteiger partial charge on any atom is -0.304 e. The third-order valence-corrected chi connectivity index (χ3v) is 5.89. The number of carbonyl (C=O) groups excluding carboxylic acids is 2. The van der Waals surface area contributed by atoms with Crippen molar-refractivity contribution in [3.05, 3.63) is 28.8 Å². The number of hydrogen-bond acceptors (Lipinski definition) is 2. The largest absolute Gasteiger partial charge is 0.304 e. The summed E-state index contributed by atoms with van der Waals surface area (Å²) in [5.41, 5.74) is 1.11. The van der Waals surface area contributed by atoms with E-state index in [2.05, 4.69) is 15.9 Å². The van der Waals surface area contributed by atoms with Crippen molar-refractivity contribution in [2.75, 3.05) is 16.8 Å². The van der Waals surface area contributed by atoms with E-state index >= 15 is 0 Å². The number of rotatable bonds is 3. The van der Waals surface area contributed by atoms with Crippen molar-refractivity contribution >= 4 is 44.9 Å². The molecule has 106 valence electrons. The molecule has 1 saturated carbocycles. The van der Waals surface area contributed by atoms with E-state index in [1.165, 1.54) is 12.8 Å². The number of carbonyl (C=O) groups is 2. The van der Waals surface area contributed by atoms with Gasteiger partial charge in [-0.2, -0.15) is 0 Å². The van der Waals surface area contributed by atoms with Crippen LogP contribution in [0.4, 0.5) is 5.69 Å². The van der Waals surface area contributed by atoms with Gasteiger partial charge in [0.15, 0.2) is 0 Å². The lowest BCUT2D eigenvalue weighted by molar-refractivity contribution is -0.114. The average molecular weight is 357 g/mol. The Morgan fingerprint density at radius 2 is 1.95 bits per heavy atom. The highest BCUT2D eigenvalue weighted by Gasteiger charge is 2.43. The Labute approximate surface area is 131 Å². The molecule has 5 heteroatoms. The van der Waals surface area contributed by atoms with Crippen LogP contribution < -0.4 is 4.90 Å². The van der Waals surface area contributed by atoms with Gasteiger partial charge in [-0.25, -0.2) is 0 Å². The molecule has 0 spiro atoms. The van der Waals surface area contributed by atoms with Crippen LogP contribution in [0.3, 0.4) is 0 Å². The Morgan fingerprint density at radius 3 is 2.60 bits per heavy atom. The van der Waals surface area contributed by atoms with Gasteiger partial charge in [-0.3, -0.25) is 9.59 Å². The maximum Gasteiger partial charge on any atom is 0.299 e. The third kappa shape index (κ3) is 2.09. The first-order chi connectivity index (χ1) is 9.58. The summed E-state index contributed by atoms with van der Waals surface area (Å²) < 4.78 is 0. The van der Waals surface area contributed by atoms with E-state index in [-0.39, 0.29) is 5.41 Å². The van der Waals surface area contributed by atoms with Gasteiger partial charge < -0.3 is 4.90 Å². The second-order valence-corrected chi connectivity index (χ2v) is 6.66. The molecule has 1 aliphatic carbocycles. The van der Waals surface area contributed by atoms with E-state index in [9.17, 15) is 9.59 Å². The fraction of sp³-hybridized carbons (Fsp3) is 0.467. The summed E-state index contributed by atoms with van der Waals surface area (Å²) in [7, 11) is 0. The lowest BCUT2D eigenvalue weighted by Gasteiger charge is -2.31. The van der Waals surface area contributed by atoms with Crippen LogP contribution in [0.25, 0.3) is 0 Å². The van der Waals surface area contributed by atoms with Crippen LogP contribution in [-0.2, 0) is 4.79 Å². The molecule has 0 aromatic heterocycles. The standard InChI is InChI=1S/C15H15BrClNO2/c16-8-15(6-1-2-7-15)9-18-11-5-3-4-10(17)12(11)13(19)14(18)20/h3-5H,1-2,6-9H2. The fourth-order valence-electron chi connectivity index (χ4n) is 3.25. The normalized spacial score (nSPS) is 20.6. The van der Waals surface area contributed by atoms with Gasteiger partial charge >= 0.3 is 0 Å². The molecular formula is C15H15BrClNO2. The van der Waals surface area contributed by atoms with Crippen molar-refractivity contribution in [3.8, 4) is 0 Å². The van der Waals surface area contributed by atoms with Crippen LogP contribution in [0.1, 0.15) is 36.0 Å². The highest BCUT2D eigenvalue weighted by atomic mass is 79.9. The van der Waals surface area contributed by atoms with E-state index in [0.717, 1.165) is 18.2 Å². The zero-order valence-corrected chi connectivity index (χ0v) is 13.3. The van der Waals surface area contributed by atoms with Gasteiger partial charge in [0.1, 0.15) is 0 Å². The van der Waals surface area contributed by atoms with Crippen molar-refractivity contribution in [2.24, 2.45) is 5.41 Å². The average Bonchev–Trinajstić information content (AvgIpc) is 3.00. The summed E-state index contributed by atoms with van der Waals surface area (Å²) >= 11 is 9.65. The minimum absolute atomic E-state index is 0.0832. The third-order valence-electron chi connectivity index (χ3n) is 4.39. The number of benzene rings is 1. The summed E-state index contributed by atoms with van der Waals surface area (Å²) in [5.74, 6) is -0.923. The molecule has 0 atom stereocenters. The van der Waals surface area contributed by atoms with Crippen molar-refractivity contribution in [1.29, 1.82) is 0 Å². The maximum atomic E-state index is 12.3. The van der Waals surface area contributed by atoms with E-state index in [0.29, 0.717) is 22.8 Å².